The molecule has 94 valence electrons. The maximum absolute atomic E-state index is 11.7. The van der Waals surface area contributed by atoms with Crippen molar-refractivity contribution in [1.82, 2.24) is 10.2 Å². The second-order valence-corrected chi connectivity index (χ2v) is 4.41. The molecule has 0 aromatic heterocycles. The van der Waals surface area contributed by atoms with Gasteiger partial charge in [0.15, 0.2) is 0 Å². The summed E-state index contributed by atoms with van der Waals surface area (Å²) in [4.78, 5) is 23.7. The zero-order valence-corrected chi connectivity index (χ0v) is 10.6. The van der Waals surface area contributed by atoms with E-state index in [0.717, 1.165) is 6.29 Å². The predicted molar refractivity (Wildman–Crippen MR) is 64.0 cm³/mol. The Morgan fingerprint density at radius 1 is 1.44 bits per heavy atom. The predicted octanol–water partition coefficient (Wildman–Crippen LogP) is -0.395. The Hall–Kier alpha value is -0.940. The van der Waals surface area contributed by atoms with Gasteiger partial charge < -0.3 is 20.7 Å². The number of nitrogens with zero attached hydrogens (tertiary/aromatic N) is 1. The second kappa shape index (κ2) is 7.35. The average molecular weight is 229 g/mol. The van der Waals surface area contributed by atoms with Crippen LogP contribution in [-0.2, 0) is 9.59 Å². The van der Waals surface area contributed by atoms with Crippen LogP contribution in [0.1, 0.15) is 20.8 Å². The zero-order valence-electron chi connectivity index (χ0n) is 10.6. The van der Waals surface area contributed by atoms with Crippen LogP contribution in [0.2, 0.25) is 0 Å². The Morgan fingerprint density at radius 2 is 2.00 bits per heavy atom. The lowest BCUT2D eigenvalue weighted by molar-refractivity contribution is -0.132. The van der Waals surface area contributed by atoms with Gasteiger partial charge in [-0.3, -0.25) is 4.79 Å². The van der Waals surface area contributed by atoms with Crippen LogP contribution >= 0.6 is 0 Å². The first-order valence-corrected chi connectivity index (χ1v) is 5.59. The minimum atomic E-state index is -0.450. The van der Waals surface area contributed by atoms with Crippen molar-refractivity contribution in [3.05, 3.63) is 0 Å². The van der Waals surface area contributed by atoms with E-state index in [1.54, 1.807) is 18.9 Å². The van der Waals surface area contributed by atoms with Gasteiger partial charge in [-0.15, -0.1) is 0 Å². The molecular weight excluding hydrogens is 206 g/mol. The maximum atomic E-state index is 11.7. The Kier molecular flexibility index (Phi) is 6.92. The summed E-state index contributed by atoms with van der Waals surface area (Å²) in [5, 5.41) is 2.98. The van der Waals surface area contributed by atoms with Crippen molar-refractivity contribution in [2.24, 2.45) is 11.7 Å². The number of hydrogen-bond acceptors (Lipinski definition) is 4. The Morgan fingerprint density at radius 3 is 2.44 bits per heavy atom. The fourth-order valence-electron chi connectivity index (χ4n) is 1.16. The van der Waals surface area contributed by atoms with Crippen molar-refractivity contribution in [2.75, 3.05) is 20.1 Å². The van der Waals surface area contributed by atoms with Crippen LogP contribution < -0.4 is 11.1 Å². The van der Waals surface area contributed by atoms with E-state index in [4.69, 9.17) is 5.73 Å². The summed E-state index contributed by atoms with van der Waals surface area (Å²) in [5.74, 6) is 0.0763. The van der Waals surface area contributed by atoms with Gasteiger partial charge in [-0.05, 0) is 12.8 Å². The molecule has 2 atom stereocenters. The molecule has 0 saturated heterocycles. The number of likely N-dealkylation sites (N-methyl/N-ethyl adjacent to an activating group) is 1. The Balaban J connectivity index is 3.92. The van der Waals surface area contributed by atoms with Gasteiger partial charge >= 0.3 is 0 Å². The van der Waals surface area contributed by atoms with Crippen LogP contribution in [0.25, 0.3) is 0 Å². The topological polar surface area (TPSA) is 75.4 Å². The van der Waals surface area contributed by atoms with Crippen LogP contribution in [0.3, 0.4) is 0 Å². The third-order valence-corrected chi connectivity index (χ3v) is 2.50. The van der Waals surface area contributed by atoms with Gasteiger partial charge in [0.05, 0.1) is 12.1 Å². The van der Waals surface area contributed by atoms with Gasteiger partial charge in [-0.2, -0.15) is 0 Å². The van der Waals surface area contributed by atoms with Gasteiger partial charge in [0.25, 0.3) is 0 Å². The molecule has 0 aliphatic rings. The van der Waals surface area contributed by atoms with E-state index in [0.29, 0.717) is 13.1 Å². The van der Waals surface area contributed by atoms with Gasteiger partial charge in [-0.1, -0.05) is 13.8 Å². The fourth-order valence-corrected chi connectivity index (χ4v) is 1.16. The summed E-state index contributed by atoms with van der Waals surface area (Å²) in [5.41, 5.74) is 5.75. The third kappa shape index (κ3) is 5.23. The molecule has 5 heteroatoms. The highest BCUT2D eigenvalue weighted by atomic mass is 16.2. The lowest BCUT2D eigenvalue weighted by Crippen LogP contribution is -2.47. The molecule has 1 amide bonds. The number of nitrogens with two attached hydrogens (primary N) is 1. The largest absolute Gasteiger partial charge is 0.343 e. The van der Waals surface area contributed by atoms with Gasteiger partial charge in [0.1, 0.15) is 6.29 Å². The van der Waals surface area contributed by atoms with Crippen molar-refractivity contribution in [2.45, 2.75) is 32.9 Å². The highest BCUT2D eigenvalue weighted by molar-refractivity contribution is 5.81. The quantitative estimate of drug-likeness (QED) is 0.583. The van der Waals surface area contributed by atoms with E-state index in [1.165, 1.54) is 0 Å². The Bertz CT molecular complexity index is 231. The van der Waals surface area contributed by atoms with E-state index in [9.17, 15) is 9.59 Å². The molecule has 0 aliphatic carbocycles. The first-order valence-electron chi connectivity index (χ1n) is 5.59. The number of carbonyl (C=O) groups is 2. The molecule has 0 aromatic carbocycles. The number of nitrogens with one attached hydrogen (secondary N) is 1. The molecule has 0 rings (SSSR count). The van der Waals surface area contributed by atoms with Crippen molar-refractivity contribution in [1.29, 1.82) is 0 Å². The van der Waals surface area contributed by atoms with Crippen LogP contribution in [0.4, 0.5) is 0 Å². The number of aldehydes is 1. The van der Waals surface area contributed by atoms with Crippen molar-refractivity contribution in [3.8, 4) is 0 Å². The molecule has 2 unspecified atom stereocenters. The van der Waals surface area contributed by atoms with Crippen LogP contribution in [0.15, 0.2) is 0 Å². The van der Waals surface area contributed by atoms with Crippen molar-refractivity contribution >= 4 is 12.2 Å². The van der Waals surface area contributed by atoms with E-state index < -0.39 is 6.04 Å². The molecule has 3 N–H and O–H groups in total. The SMILES string of the molecule is CC(C=O)NCCN(C)C(=O)C(N)C(C)C. The molecule has 0 radical (unpaired) electrons. The number of rotatable bonds is 7. The summed E-state index contributed by atoms with van der Waals surface area (Å²) >= 11 is 0. The summed E-state index contributed by atoms with van der Waals surface area (Å²) in [6, 6.07) is -0.629. The fraction of sp³-hybridized carbons (Fsp3) is 0.818. The van der Waals surface area contributed by atoms with Crippen molar-refractivity contribution in [3.63, 3.8) is 0 Å². The van der Waals surface area contributed by atoms with Gasteiger partial charge in [-0.25, -0.2) is 0 Å². The van der Waals surface area contributed by atoms with Crippen LogP contribution in [0, 0.1) is 5.92 Å². The van der Waals surface area contributed by atoms with Crippen LogP contribution in [0.5, 0.6) is 0 Å². The second-order valence-electron chi connectivity index (χ2n) is 4.41. The van der Waals surface area contributed by atoms with Gasteiger partial charge in [0, 0.05) is 20.1 Å². The van der Waals surface area contributed by atoms with Gasteiger partial charge in [0.2, 0.25) is 5.91 Å². The minimum absolute atomic E-state index is 0.0597. The molecule has 5 nitrogen and oxygen atoms in total. The molecule has 0 heterocycles. The molecule has 0 bridgehead atoms. The van der Waals surface area contributed by atoms with E-state index >= 15 is 0 Å². The highest BCUT2D eigenvalue weighted by Gasteiger charge is 2.20. The monoisotopic (exact) mass is 229 g/mol. The summed E-state index contributed by atoms with van der Waals surface area (Å²) in [6.45, 7) is 6.76. The maximum Gasteiger partial charge on any atom is 0.239 e. The molecule has 0 fully saturated rings. The van der Waals surface area contributed by atoms with E-state index in [-0.39, 0.29) is 17.9 Å². The highest BCUT2D eigenvalue weighted by Crippen LogP contribution is 2.01. The zero-order chi connectivity index (χ0) is 12.7. The van der Waals surface area contributed by atoms with E-state index in [2.05, 4.69) is 5.32 Å². The molecule has 0 saturated carbocycles. The molecule has 0 aliphatic heterocycles. The van der Waals surface area contributed by atoms with E-state index in [1.807, 2.05) is 13.8 Å². The lowest BCUT2D eigenvalue weighted by atomic mass is 10.0. The molecule has 0 aromatic rings. The molecular formula is C11H23N3O2. The average Bonchev–Trinajstić information content (AvgIpc) is 2.26. The van der Waals surface area contributed by atoms with Crippen molar-refractivity contribution < 1.29 is 9.59 Å². The smallest absolute Gasteiger partial charge is 0.239 e. The first-order chi connectivity index (χ1) is 7.40. The minimum Gasteiger partial charge on any atom is -0.343 e. The summed E-state index contributed by atoms with van der Waals surface area (Å²) in [7, 11) is 1.72. The molecule has 0 spiro atoms. The number of hydrogen-bond donors (Lipinski definition) is 2. The third-order valence-electron chi connectivity index (χ3n) is 2.50. The number of carbonyl (C=O) groups excluding carboxylic acids is 2. The summed E-state index contributed by atoms with van der Waals surface area (Å²) in [6.07, 6.45) is 0.835. The first kappa shape index (κ1) is 15.1. The Labute approximate surface area is 97.4 Å². The standard InChI is InChI=1S/C11H23N3O2/c1-8(2)10(12)11(16)14(4)6-5-13-9(3)7-15/h7-10,13H,5-6,12H2,1-4H3. The lowest BCUT2D eigenvalue weighted by Gasteiger charge is -2.23. The van der Waals surface area contributed by atoms with Crippen LogP contribution in [-0.4, -0.2) is 49.3 Å². The normalized spacial score (nSPS) is 14.6. The molecule has 16 heavy (non-hydrogen) atoms. The number of amides is 1. The summed E-state index contributed by atoms with van der Waals surface area (Å²) < 4.78 is 0.